The average molecular weight is 352 g/mol. The second-order valence-corrected chi connectivity index (χ2v) is 5.18. The van der Waals surface area contributed by atoms with E-state index in [1.807, 2.05) is 0 Å². The standard InChI is InChI=1S/C13H16BrF2NO3/c1-4-20-12(19)13(15,16)11(17)9-7(3)10(14)6(2)5-8(9)18/h5,11,18H,4,17H2,1-3H3/t11-/m0/s1. The summed E-state index contributed by atoms with van der Waals surface area (Å²) in [6.45, 7) is 4.48. The van der Waals surface area contributed by atoms with E-state index in [4.69, 9.17) is 5.73 Å². The monoisotopic (exact) mass is 351 g/mol. The summed E-state index contributed by atoms with van der Waals surface area (Å²) in [5, 5.41) is 9.86. The molecule has 0 aromatic heterocycles. The second kappa shape index (κ2) is 6.05. The maximum absolute atomic E-state index is 13.9. The van der Waals surface area contributed by atoms with Gasteiger partial charge in [0.2, 0.25) is 0 Å². The number of rotatable bonds is 4. The van der Waals surface area contributed by atoms with Gasteiger partial charge in [-0.1, -0.05) is 15.9 Å². The van der Waals surface area contributed by atoms with E-state index in [9.17, 15) is 18.7 Å². The molecule has 4 nitrogen and oxygen atoms in total. The Bertz CT molecular complexity index is 535. The van der Waals surface area contributed by atoms with Crippen molar-refractivity contribution in [1.29, 1.82) is 0 Å². The van der Waals surface area contributed by atoms with Crippen LogP contribution in [0, 0.1) is 13.8 Å². The molecular weight excluding hydrogens is 336 g/mol. The molecule has 20 heavy (non-hydrogen) atoms. The highest BCUT2D eigenvalue weighted by molar-refractivity contribution is 9.10. The topological polar surface area (TPSA) is 72.5 Å². The summed E-state index contributed by atoms with van der Waals surface area (Å²) < 4.78 is 32.8. The molecule has 0 heterocycles. The zero-order valence-corrected chi connectivity index (χ0v) is 12.9. The van der Waals surface area contributed by atoms with Gasteiger partial charge >= 0.3 is 11.9 Å². The van der Waals surface area contributed by atoms with Gasteiger partial charge in [-0.25, -0.2) is 4.79 Å². The minimum absolute atomic E-state index is 0.177. The van der Waals surface area contributed by atoms with Crippen LogP contribution in [0.4, 0.5) is 8.78 Å². The van der Waals surface area contributed by atoms with Gasteiger partial charge in [0.05, 0.1) is 6.61 Å². The van der Waals surface area contributed by atoms with Crippen molar-refractivity contribution in [3.63, 3.8) is 0 Å². The third-order valence-electron chi connectivity index (χ3n) is 2.96. The number of carbonyl (C=O) groups excluding carboxylic acids is 1. The number of alkyl halides is 2. The van der Waals surface area contributed by atoms with E-state index in [0.29, 0.717) is 15.6 Å². The van der Waals surface area contributed by atoms with Gasteiger partial charge in [0.15, 0.2) is 0 Å². The van der Waals surface area contributed by atoms with E-state index < -0.39 is 17.9 Å². The van der Waals surface area contributed by atoms with Crippen LogP contribution in [-0.4, -0.2) is 23.6 Å². The van der Waals surface area contributed by atoms with Gasteiger partial charge in [-0.15, -0.1) is 0 Å². The molecule has 0 saturated carbocycles. The van der Waals surface area contributed by atoms with Crippen LogP contribution in [0.25, 0.3) is 0 Å². The summed E-state index contributed by atoms with van der Waals surface area (Å²) in [5.41, 5.74) is 6.35. The number of hydrogen-bond donors (Lipinski definition) is 2. The first-order valence-corrected chi connectivity index (χ1v) is 6.73. The zero-order chi connectivity index (χ0) is 15.7. The zero-order valence-electron chi connectivity index (χ0n) is 11.3. The molecule has 1 aromatic rings. The second-order valence-electron chi connectivity index (χ2n) is 4.39. The predicted molar refractivity (Wildman–Crippen MR) is 73.8 cm³/mol. The smallest absolute Gasteiger partial charge is 0.379 e. The van der Waals surface area contributed by atoms with E-state index in [0.717, 1.165) is 0 Å². The lowest BCUT2D eigenvalue weighted by Gasteiger charge is -2.25. The number of nitrogens with two attached hydrogens (primary N) is 1. The Morgan fingerprint density at radius 1 is 1.55 bits per heavy atom. The average Bonchev–Trinajstić information content (AvgIpc) is 2.36. The SMILES string of the molecule is CCOC(=O)C(F)(F)[C@@H](N)c1c(O)cc(C)c(Br)c1C. The minimum atomic E-state index is -3.92. The first-order chi connectivity index (χ1) is 9.14. The molecule has 112 valence electrons. The van der Waals surface area contributed by atoms with Crippen LogP contribution in [0.15, 0.2) is 10.5 Å². The number of benzene rings is 1. The number of ether oxygens (including phenoxy) is 1. The van der Waals surface area contributed by atoms with Crippen LogP contribution >= 0.6 is 15.9 Å². The number of aromatic hydroxyl groups is 1. The molecule has 0 aliphatic rings. The molecule has 0 saturated heterocycles. The van der Waals surface area contributed by atoms with Crippen molar-refractivity contribution < 1.29 is 23.4 Å². The normalized spacial score (nSPS) is 13.2. The molecule has 1 rings (SSSR count). The Morgan fingerprint density at radius 2 is 2.10 bits per heavy atom. The highest BCUT2D eigenvalue weighted by atomic mass is 79.9. The molecule has 1 aromatic carbocycles. The molecule has 0 aliphatic carbocycles. The van der Waals surface area contributed by atoms with Crippen molar-refractivity contribution in [3.05, 3.63) is 27.2 Å². The van der Waals surface area contributed by atoms with Gasteiger partial charge in [-0.2, -0.15) is 8.78 Å². The van der Waals surface area contributed by atoms with Gasteiger partial charge in [-0.3, -0.25) is 0 Å². The van der Waals surface area contributed by atoms with Crippen molar-refractivity contribution in [2.45, 2.75) is 32.7 Å². The molecule has 0 unspecified atom stereocenters. The molecule has 1 atom stereocenters. The molecule has 7 heteroatoms. The quantitative estimate of drug-likeness (QED) is 0.818. The number of esters is 1. The Balaban J connectivity index is 3.31. The number of phenolic OH excluding ortho intramolecular Hbond substituents is 1. The predicted octanol–water partition coefficient (Wildman–Crippen LogP) is 2.97. The first-order valence-electron chi connectivity index (χ1n) is 5.93. The van der Waals surface area contributed by atoms with Gasteiger partial charge < -0.3 is 15.6 Å². The fourth-order valence-corrected chi connectivity index (χ4v) is 2.21. The van der Waals surface area contributed by atoms with E-state index in [2.05, 4.69) is 20.7 Å². The highest BCUT2D eigenvalue weighted by Gasteiger charge is 2.49. The van der Waals surface area contributed by atoms with Crippen molar-refractivity contribution in [2.75, 3.05) is 6.61 Å². The third-order valence-corrected chi connectivity index (χ3v) is 4.18. The van der Waals surface area contributed by atoms with Crippen molar-refractivity contribution >= 4 is 21.9 Å². The van der Waals surface area contributed by atoms with Gasteiger partial charge in [0, 0.05) is 10.0 Å². The minimum Gasteiger partial charge on any atom is -0.508 e. The van der Waals surface area contributed by atoms with E-state index in [-0.39, 0.29) is 17.9 Å². The molecular formula is C13H16BrF2NO3. The summed E-state index contributed by atoms with van der Waals surface area (Å²) >= 11 is 3.24. The summed E-state index contributed by atoms with van der Waals surface area (Å²) in [6, 6.07) is -0.675. The lowest BCUT2D eigenvalue weighted by atomic mass is 9.94. The van der Waals surface area contributed by atoms with E-state index >= 15 is 0 Å². The number of phenols is 1. The van der Waals surface area contributed by atoms with E-state index in [1.54, 1.807) is 6.92 Å². The fraction of sp³-hybridized carbons (Fsp3) is 0.462. The molecule has 0 amide bonds. The van der Waals surface area contributed by atoms with Crippen LogP contribution < -0.4 is 5.73 Å². The Kier molecular flexibility index (Phi) is 5.10. The Hall–Kier alpha value is -1.21. The van der Waals surface area contributed by atoms with Crippen molar-refractivity contribution in [2.24, 2.45) is 5.73 Å². The number of hydrogen-bond acceptors (Lipinski definition) is 4. The van der Waals surface area contributed by atoms with Crippen molar-refractivity contribution in [3.8, 4) is 5.75 Å². The van der Waals surface area contributed by atoms with Gasteiger partial charge in [0.1, 0.15) is 11.8 Å². The highest BCUT2D eigenvalue weighted by Crippen LogP contribution is 2.40. The molecule has 0 fully saturated rings. The summed E-state index contributed by atoms with van der Waals surface area (Å²) in [5.74, 6) is -6.00. The third kappa shape index (κ3) is 2.93. The largest absolute Gasteiger partial charge is 0.508 e. The van der Waals surface area contributed by atoms with Crippen LogP contribution in [0.3, 0.4) is 0 Å². The Labute approximate surface area is 124 Å². The molecule has 0 bridgehead atoms. The molecule has 0 radical (unpaired) electrons. The number of halogens is 3. The van der Waals surface area contributed by atoms with E-state index in [1.165, 1.54) is 19.9 Å². The van der Waals surface area contributed by atoms with Gasteiger partial charge in [0.25, 0.3) is 0 Å². The summed E-state index contributed by atoms with van der Waals surface area (Å²) in [7, 11) is 0. The van der Waals surface area contributed by atoms with Crippen LogP contribution in [-0.2, 0) is 9.53 Å². The first kappa shape index (κ1) is 16.8. The van der Waals surface area contributed by atoms with Crippen molar-refractivity contribution in [1.82, 2.24) is 0 Å². The number of aryl methyl sites for hydroxylation is 1. The molecule has 0 spiro atoms. The number of carbonyl (C=O) groups is 1. The summed E-state index contributed by atoms with van der Waals surface area (Å²) in [6.07, 6.45) is 0. The van der Waals surface area contributed by atoms with Crippen LogP contribution in [0.1, 0.15) is 29.7 Å². The maximum Gasteiger partial charge on any atom is 0.379 e. The Morgan fingerprint density at radius 3 is 2.60 bits per heavy atom. The van der Waals surface area contributed by atoms with Crippen LogP contribution in [0.2, 0.25) is 0 Å². The molecule has 3 N–H and O–H groups in total. The fourth-order valence-electron chi connectivity index (χ4n) is 1.88. The molecule has 0 aliphatic heterocycles. The summed E-state index contributed by atoms with van der Waals surface area (Å²) in [4.78, 5) is 11.3. The van der Waals surface area contributed by atoms with Gasteiger partial charge in [-0.05, 0) is 38.0 Å². The van der Waals surface area contributed by atoms with Crippen LogP contribution in [0.5, 0.6) is 5.75 Å². The lowest BCUT2D eigenvalue weighted by molar-refractivity contribution is -0.174. The lowest BCUT2D eigenvalue weighted by Crippen LogP contribution is -2.42. The maximum atomic E-state index is 13.9.